The average Bonchev–Trinajstić information content (AvgIpc) is 3.52. The number of rotatable bonds is 9. The predicted octanol–water partition coefficient (Wildman–Crippen LogP) is 5.96. The van der Waals surface area contributed by atoms with Gasteiger partial charge in [0.2, 0.25) is 5.91 Å². The van der Waals surface area contributed by atoms with E-state index >= 15 is 0 Å². The van der Waals surface area contributed by atoms with Crippen molar-refractivity contribution < 1.29 is 38.5 Å². The summed E-state index contributed by atoms with van der Waals surface area (Å²) in [6.45, 7) is 7.46. The highest BCUT2D eigenvalue weighted by atomic mass is 16.6. The van der Waals surface area contributed by atoms with E-state index in [9.17, 15) is 24.3 Å². The molecule has 0 aliphatic carbocycles. The van der Waals surface area contributed by atoms with Crippen molar-refractivity contribution in [2.24, 2.45) is 7.05 Å². The Balaban J connectivity index is 1.33. The second kappa shape index (κ2) is 17.0. The lowest BCUT2D eigenvalue weighted by atomic mass is 9.97. The number of hydrogen-bond donors (Lipinski definition) is 3. The molecule has 282 valence electrons. The van der Waals surface area contributed by atoms with Crippen LogP contribution in [0.15, 0.2) is 72.9 Å². The van der Waals surface area contributed by atoms with Gasteiger partial charge in [0.15, 0.2) is 0 Å². The zero-order valence-corrected chi connectivity index (χ0v) is 31.3. The van der Waals surface area contributed by atoms with Crippen LogP contribution < -0.4 is 15.4 Å². The molecule has 1 saturated heterocycles. The van der Waals surface area contributed by atoms with E-state index in [1.54, 1.807) is 94.2 Å². The maximum absolute atomic E-state index is 14.2. The topological polar surface area (TPSA) is 161 Å². The lowest BCUT2D eigenvalue weighted by Crippen LogP contribution is -2.54. The molecule has 1 aliphatic rings. The lowest BCUT2D eigenvalue weighted by Gasteiger charge is -2.37. The minimum absolute atomic E-state index is 0.0576. The molecular formula is C41H45N5O8. The highest BCUT2D eigenvalue weighted by molar-refractivity contribution is 5.99. The number of amides is 3. The fourth-order valence-corrected chi connectivity index (χ4v) is 6.08. The molecule has 0 unspecified atom stereocenters. The molecule has 0 radical (unpaired) electrons. The van der Waals surface area contributed by atoms with Crippen molar-refractivity contribution in [3.05, 3.63) is 95.2 Å². The number of phenols is 1. The summed E-state index contributed by atoms with van der Waals surface area (Å²) in [7, 11) is 3.22. The number of phenolic OH excluding ortho intramolecular Hbond substituents is 1. The highest BCUT2D eigenvalue weighted by Gasteiger charge is 2.38. The number of aromatic nitrogens is 2. The molecule has 2 atom stereocenters. The fraction of sp³-hybridized carbons (Fsp3) is 0.341. The van der Waals surface area contributed by atoms with Gasteiger partial charge in [-0.2, -0.15) is 5.10 Å². The first-order valence-corrected chi connectivity index (χ1v) is 17.7. The quantitative estimate of drug-likeness (QED) is 0.139. The third-order valence-electron chi connectivity index (χ3n) is 8.53. The van der Waals surface area contributed by atoms with Crippen LogP contribution in [0, 0.1) is 11.8 Å². The molecule has 13 heteroatoms. The first-order valence-electron chi connectivity index (χ1n) is 17.7. The molecule has 13 nitrogen and oxygen atoms in total. The summed E-state index contributed by atoms with van der Waals surface area (Å²) in [5, 5.41) is 20.7. The fourth-order valence-electron chi connectivity index (χ4n) is 6.08. The summed E-state index contributed by atoms with van der Waals surface area (Å²) in [4.78, 5) is 54.8. The number of carbonyl (C=O) groups excluding carboxylic acids is 4. The van der Waals surface area contributed by atoms with Gasteiger partial charge in [-0.3, -0.25) is 14.3 Å². The van der Waals surface area contributed by atoms with E-state index in [4.69, 9.17) is 14.2 Å². The number of methoxy groups -OCH3 is 1. The van der Waals surface area contributed by atoms with Crippen molar-refractivity contribution in [2.75, 3.05) is 25.6 Å². The number of esters is 1. The predicted molar refractivity (Wildman–Crippen MR) is 202 cm³/mol. The van der Waals surface area contributed by atoms with Crippen molar-refractivity contribution in [3.63, 3.8) is 0 Å². The van der Waals surface area contributed by atoms with Gasteiger partial charge < -0.3 is 34.9 Å². The average molecular weight is 736 g/mol. The molecule has 3 amide bonds. The lowest BCUT2D eigenvalue weighted by molar-refractivity contribution is -0.142. The van der Waals surface area contributed by atoms with Gasteiger partial charge in [-0.25, -0.2) is 9.59 Å². The molecule has 54 heavy (non-hydrogen) atoms. The minimum Gasteiger partial charge on any atom is -0.507 e. The Bertz CT molecular complexity index is 2070. The van der Waals surface area contributed by atoms with E-state index in [2.05, 4.69) is 27.6 Å². The Morgan fingerprint density at radius 2 is 1.76 bits per heavy atom. The normalized spacial score (nSPS) is 14.6. The van der Waals surface area contributed by atoms with Crippen LogP contribution in [0.4, 0.5) is 10.5 Å². The molecule has 3 aromatic carbocycles. The van der Waals surface area contributed by atoms with E-state index in [1.807, 2.05) is 0 Å². The minimum atomic E-state index is -1.16. The largest absolute Gasteiger partial charge is 0.507 e. The Morgan fingerprint density at radius 3 is 2.46 bits per heavy atom. The molecule has 1 fully saturated rings. The Labute approximate surface area is 314 Å². The number of benzene rings is 3. The molecule has 3 N–H and O–H groups in total. The number of aromatic hydroxyl groups is 1. The van der Waals surface area contributed by atoms with E-state index in [-0.39, 0.29) is 23.8 Å². The van der Waals surface area contributed by atoms with E-state index in [0.717, 1.165) is 6.42 Å². The summed E-state index contributed by atoms with van der Waals surface area (Å²) in [6, 6.07) is 16.3. The van der Waals surface area contributed by atoms with Gasteiger partial charge >= 0.3 is 12.1 Å². The number of likely N-dealkylation sites (tertiary alicyclic amines) is 1. The second-order valence-corrected chi connectivity index (χ2v) is 13.7. The molecule has 2 heterocycles. The monoisotopic (exact) mass is 735 g/mol. The number of nitrogens with zero attached hydrogens (tertiary/aromatic N) is 3. The van der Waals surface area contributed by atoms with Crippen LogP contribution >= 0.6 is 0 Å². The number of alkyl carbamates (subject to hydrolysis) is 1. The number of piperidine rings is 1. The van der Waals surface area contributed by atoms with Gasteiger partial charge in [0.25, 0.3) is 5.91 Å². The SMILES string of the molecule is CCOC(=O)c1ccc(O)c(-c2nn(C)cc2C#Cc2ccc(NC(=O)[C@@H]3CCCCN3C(=O)[C@H](NC(=O)OC(C)(C)C)c3ccccc3OC)cc2)c1. The second-order valence-electron chi connectivity index (χ2n) is 13.7. The van der Waals surface area contributed by atoms with Crippen LogP contribution in [0.3, 0.4) is 0 Å². The van der Waals surface area contributed by atoms with Gasteiger partial charge in [-0.1, -0.05) is 30.0 Å². The van der Waals surface area contributed by atoms with Crippen molar-refractivity contribution in [3.8, 4) is 34.6 Å². The van der Waals surface area contributed by atoms with Gasteiger partial charge in [0.1, 0.15) is 34.9 Å². The summed E-state index contributed by atoms with van der Waals surface area (Å²) < 4.78 is 17.7. The molecule has 0 spiro atoms. The molecule has 1 aromatic heterocycles. The van der Waals surface area contributed by atoms with Gasteiger partial charge in [-0.05, 0) is 95.5 Å². The molecular weight excluding hydrogens is 690 g/mol. The Kier molecular flexibility index (Phi) is 12.3. The first-order chi connectivity index (χ1) is 25.8. The summed E-state index contributed by atoms with van der Waals surface area (Å²) in [5.41, 5.74) is 2.36. The van der Waals surface area contributed by atoms with Crippen LogP contribution in [-0.4, -0.2) is 75.6 Å². The summed E-state index contributed by atoms with van der Waals surface area (Å²) in [5.74, 6) is 5.23. The van der Waals surface area contributed by atoms with Gasteiger partial charge in [-0.15, -0.1) is 0 Å². The van der Waals surface area contributed by atoms with E-state index < -0.39 is 35.7 Å². The third-order valence-corrected chi connectivity index (χ3v) is 8.53. The maximum atomic E-state index is 14.2. The molecule has 0 bridgehead atoms. The van der Waals surface area contributed by atoms with Gasteiger partial charge in [0, 0.05) is 42.2 Å². The Hall–Kier alpha value is -6.29. The van der Waals surface area contributed by atoms with Crippen molar-refractivity contribution >= 4 is 29.6 Å². The highest BCUT2D eigenvalue weighted by Crippen LogP contribution is 2.32. The van der Waals surface area contributed by atoms with E-state index in [1.165, 1.54) is 30.2 Å². The summed E-state index contributed by atoms with van der Waals surface area (Å²) in [6.07, 6.45) is 2.83. The van der Waals surface area contributed by atoms with Crippen molar-refractivity contribution in [2.45, 2.75) is 64.6 Å². The number of para-hydroxylation sites is 1. The van der Waals surface area contributed by atoms with Crippen LogP contribution in [0.2, 0.25) is 0 Å². The zero-order chi connectivity index (χ0) is 39.0. The van der Waals surface area contributed by atoms with Crippen LogP contribution in [0.5, 0.6) is 11.5 Å². The molecule has 4 aromatic rings. The number of ether oxygens (including phenoxy) is 3. The van der Waals surface area contributed by atoms with Crippen LogP contribution in [0.1, 0.15) is 80.0 Å². The smallest absolute Gasteiger partial charge is 0.408 e. The Morgan fingerprint density at radius 1 is 1.02 bits per heavy atom. The molecule has 5 rings (SSSR count). The van der Waals surface area contributed by atoms with Crippen molar-refractivity contribution in [1.82, 2.24) is 20.0 Å². The maximum Gasteiger partial charge on any atom is 0.408 e. The van der Waals surface area contributed by atoms with Crippen molar-refractivity contribution in [1.29, 1.82) is 0 Å². The number of nitrogens with one attached hydrogen (secondary N) is 2. The molecule has 0 saturated carbocycles. The van der Waals surface area contributed by atoms with Gasteiger partial charge in [0.05, 0.1) is 24.8 Å². The molecule has 1 aliphatic heterocycles. The van der Waals surface area contributed by atoms with E-state index in [0.29, 0.717) is 58.8 Å². The first kappa shape index (κ1) is 38.9. The van der Waals surface area contributed by atoms with Crippen LogP contribution in [0.25, 0.3) is 11.3 Å². The summed E-state index contributed by atoms with van der Waals surface area (Å²) >= 11 is 0. The number of aryl methyl sites for hydroxylation is 1. The number of hydrogen-bond acceptors (Lipinski definition) is 9. The van der Waals surface area contributed by atoms with Crippen LogP contribution in [-0.2, 0) is 26.1 Å². The number of carbonyl (C=O) groups is 4. The zero-order valence-electron chi connectivity index (χ0n) is 31.3. The third kappa shape index (κ3) is 9.57. The number of anilines is 1. The standard InChI is InChI=1S/C41H45N5O8/c1-7-53-39(50)27-19-22-33(47)31(24-27)35-28(25-45(5)44-35)18-15-26-16-20-29(21-17-26)42-37(48)32-13-10-11-23-46(32)38(49)36(43-40(51)54-41(2,3)4)30-12-8-9-14-34(30)52-6/h8-9,12,14,16-17,19-22,24-25,32,36,47H,7,10-11,13,23H2,1-6H3,(H,42,48)(H,43,51)/t32-,36+/m0/s1.